The van der Waals surface area contributed by atoms with Gasteiger partial charge < -0.3 is 11.1 Å². The second-order valence-electron chi connectivity index (χ2n) is 4.31. The first-order valence-corrected chi connectivity index (χ1v) is 7.17. The molecule has 1 aromatic carbocycles. The number of benzene rings is 1. The van der Waals surface area contributed by atoms with Crippen molar-refractivity contribution in [2.75, 3.05) is 13.1 Å². The fourth-order valence-electron chi connectivity index (χ4n) is 1.70. The van der Waals surface area contributed by atoms with E-state index in [-0.39, 0.29) is 6.04 Å². The summed E-state index contributed by atoms with van der Waals surface area (Å²) in [6, 6.07) is 6.57. The van der Waals surface area contributed by atoms with Crippen molar-refractivity contribution in [1.82, 2.24) is 5.32 Å². The van der Waals surface area contributed by atoms with E-state index in [1.807, 2.05) is 0 Å². The number of nitrogens with two attached hydrogens (primary N) is 1. The Kier molecular flexibility index (Phi) is 4.41. The van der Waals surface area contributed by atoms with Crippen LogP contribution in [0, 0.1) is 5.92 Å². The molecule has 4 heteroatoms. The van der Waals surface area contributed by atoms with Gasteiger partial charge in [-0.2, -0.15) is 0 Å². The van der Waals surface area contributed by atoms with Crippen LogP contribution in [0.2, 0.25) is 0 Å². The lowest BCUT2D eigenvalue weighted by Gasteiger charge is -2.17. The van der Waals surface area contributed by atoms with Crippen LogP contribution < -0.4 is 11.1 Å². The zero-order chi connectivity index (χ0) is 11.5. The fourth-order valence-corrected chi connectivity index (χ4v) is 2.34. The van der Waals surface area contributed by atoms with E-state index in [2.05, 4.69) is 55.4 Å². The second-order valence-corrected chi connectivity index (χ2v) is 6.02. The zero-order valence-corrected chi connectivity index (χ0v) is 12.2. The van der Waals surface area contributed by atoms with Crippen LogP contribution >= 0.6 is 31.9 Å². The van der Waals surface area contributed by atoms with Crippen molar-refractivity contribution in [1.29, 1.82) is 0 Å². The minimum atomic E-state index is 0.269. The molecule has 0 bridgehead atoms. The molecule has 1 unspecified atom stereocenters. The van der Waals surface area contributed by atoms with E-state index < -0.39 is 0 Å². The number of halogens is 2. The first kappa shape index (κ1) is 12.6. The largest absolute Gasteiger partial charge is 0.329 e. The molecule has 0 amide bonds. The number of rotatable bonds is 5. The third-order valence-corrected chi connectivity index (χ3v) is 4.81. The van der Waals surface area contributed by atoms with Gasteiger partial charge in [-0.05, 0) is 74.9 Å². The molecule has 0 aliphatic heterocycles. The summed E-state index contributed by atoms with van der Waals surface area (Å²) < 4.78 is 2.16. The molecule has 1 fully saturated rings. The minimum Gasteiger partial charge on any atom is -0.329 e. The molecular formula is C12H16Br2N2. The maximum absolute atomic E-state index is 5.81. The summed E-state index contributed by atoms with van der Waals surface area (Å²) in [6.07, 6.45) is 2.74. The third kappa shape index (κ3) is 3.29. The van der Waals surface area contributed by atoms with E-state index in [9.17, 15) is 0 Å². The Hall–Kier alpha value is 0.1000. The van der Waals surface area contributed by atoms with E-state index in [4.69, 9.17) is 5.73 Å². The van der Waals surface area contributed by atoms with Crippen molar-refractivity contribution >= 4 is 31.9 Å². The Morgan fingerprint density at radius 1 is 1.31 bits per heavy atom. The van der Waals surface area contributed by atoms with Gasteiger partial charge in [-0.1, -0.05) is 6.07 Å². The Morgan fingerprint density at radius 2 is 2.06 bits per heavy atom. The van der Waals surface area contributed by atoms with Gasteiger partial charge >= 0.3 is 0 Å². The van der Waals surface area contributed by atoms with Gasteiger partial charge in [0, 0.05) is 21.5 Å². The smallest absolute Gasteiger partial charge is 0.0445 e. The van der Waals surface area contributed by atoms with E-state index in [0.717, 1.165) is 21.4 Å². The molecule has 2 nitrogen and oxygen atoms in total. The molecule has 16 heavy (non-hydrogen) atoms. The van der Waals surface area contributed by atoms with Crippen LogP contribution in [-0.2, 0) is 0 Å². The Balaban J connectivity index is 2.02. The predicted octanol–water partition coefficient (Wildman–Crippen LogP) is 3.21. The summed E-state index contributed by atoms with van der Waals surface area (Å²) in [5, 5.41) is 3.53. The van der Waals surface area contributed by atoms with Gasteiger partial charge in [0.15, 0.2) is 0 Å². The number of nitrogens with one attached hydrogen (secondary N) is 1. The summed E-state index contributed by atoms with van der Waals surface area (Å²) >= 11 is 6.99. The van der Waals surface area contributed by atoms with E-state index >= 15 is 0 Å². The van der Waals surface area contributed by atoms with Gasteiger partial charge in [0.25, 0.3) is 0 Å². The quantitative estimate of drug-likeness (QED) is 0.858. The van der Waals surface area contributed by atoms with Gasteiger partial charge in [0.2, 0.25) is 0 Å². The van der Waals surface area contributed by atoms with Crippen molar-refractivity contribution in [2.45, 2.75) is 18.9 Å². The molecule has 3 N–H and O–H groups in total. The molecule has 0 heterocycles. The standard InChI is InChI=1S/C12H16Br2N2/c13-10-4-3-9(5-11(10)14)12(6-15)16-7-8-1-2-8/h3-5,8,12,16H,1-2,6-7,15H2. The maximum atomic E-state index is 5.81. The van der Waals surface area contributed by atoms with Gasteiger partial charge in [-0.3, -0.25) is 0 Å². The highest BCUT2D eigenvalue weighted by Crippen LogP contribution is 2.29. The lowest BCUT2D eigenvalue weighted by atomic mass is 10.1. The number of hydrogen-bond acceptors (Lipinski definition) is 2. The number of hydrogen-bond donors (Lipinski definition) is 2. The molecule has 0 saturated heterocycles. The van der Waals surface area contributed by atoms with Crippen molar-refractivity contribution < 1.29 is 0 Å². The highest BCUT2D eigenvalue weighted by Gasteiger charge is 2.22. The van der Waals surface area contributed by atoms with Gasteiger partial charge in [-0.15, -0.1) is 0 Å². The van der Waals surface area contributed by atoms with E-state index in [0.29, 0.717) is 6.54 Å². The highest BCUT2D eigenvalue weighted by atomic mass is 79.9. The highest BCUT2D eigenvalue weighted by molar-refractivity contribution is 9.13. The molecule has 1 aromatic rings. The summed E-state index contributed by atoms with van der Waals surface area (Å²) in [4.78, 5) is 0. The third-order valence-electron chi connectivity index (χ3n) is 2.93. The van der Waals surface area contributed by atoms with E-state index in [1.54, 1.807) is 0 Å². The van der Waals surface area contributed by atoms with Gasteiger partial charge in [0.1, 0.15) is 0 Å². The summed E-state index contributed by atoms with van der Waals surface area (Å²) in [6.45, 7) is 1.73. The molecule has 88 valence electrons. The average Bonchev–Trinajstić information content (AvgIpc) is 3.08. The van der Waals surface area contributed by atoms with Crippen LogP contribution in [0.5, 0.6) is 0 Å². The first-order valence-electron chi connectivity index (χ1n) is 5.59. The van der Waals surface area contributed by atoms with Crippen LogP contribution in [0.3, 0.4) is 0 Å². The van der Waals surface area contributed by atoms with Crippen LogP contribution in [0.15, 0.2) is 27.1 Å². The van der Waals surface area contributed by atoms with Crippen molar-refractivity contribution in [2.24, 2.45) is 11.7 Å². The molecule has 2 rings (SSSR count). The molecule has 1 aliphatic carbocycles. The van der Waals surface area contributed by atoms with Gasteiger partial charge in [0.05, 0.1) is 0 Å². The summed E-state index contributed by atoms with van der Waals surface area (Å²) in [5.74, 6) is 0.882. The Bertz CT molecular complexity index is 364. The first-order chi connectivity index (χ1) is 7.70. The topological polar surface area (TPSA) is 38.0 Å². The summed E-state index contributed by atoms with van der Waals surface area (Å²) in [5.41, 5.74) is 7.06. The van der Waals surface area contributed by atoms with Crippen LogP contribution in [0.4, 0.5) is 0 Å². The Labute approximate surface area is 113 Å². The van der Waals surface area contributed by atoms with Gasteiger partial charge in [-0.25, -0.2) is 0 Å². The average molecular weight is 348 g/mol. The molecule has 0 spiro atoms. The Morgan fingerprint density at radius 3 is 2.62 bits per heavy atom. The molecule has 0 aromatic heterocycles. The molecule has 1 atom stereocenters. The lowest BCUT2D eigenvalue weighted by Crippen LogP contribution is -2.29. The van der Waals surface area contributed by atoms with Crippen molar-refractivity contribution in [3.8, 4) is 0 Å². The lowest BCUT2D eigenvalue weighted by molar-refractivity contribution is 0.522. The molecule has 0 radical (unpaired) electrons. The molecular weight excluding hydrogens is 332 g/mol. The fraction of sp³-hybridized carbons (Fsp3) is 0.500. The predicted molar refractivity (Wildman–Crippen MR) is 74.4 cm³/mol. The van der Waals surface area contributed by atoms with Crippen LogP contribution in [0.1, 0.15) is 24.4 Å². The zero-order valence-electron chi connectivity index (χ0n) is 9.05. The monoisotopic (exact) mass is 346 g/mol. The van der Waals surface area contributed by atoms with Crippen LogP contribution in [0.25, 0.3) is 0 Å². The molecule has 1 aliphatic rings. The van der Waals surface area contributed by atoms with E-state index in [1.165, 1.54) is 18.4 Å². The van der Waals surface area contributed by atoms with Crippen LogP contribution in [-0.4, -0.2) is 13.1 Å². The second kappa shape index (κ2) is 5.63. The minimum absolute atomic E-state index is 0.269. The molecule has 1 saturated carbocycles. The van der Waals surface area contributed by atoms with Crippen molar-refractivity contribution in [3.63, 3.8) is 0 Å². The normalized spacial score (nSPS) is 17.4. The van der Waals surface area contributed by atoms with Crippen molar-refractivity contribution in [3.05, 3.63) is 32.7 Å². The SMILES string of the molecule is NCC(NCC1CC1)c1ccc(Br)c(Br)c1. The summed E-state index contributed by atoms with van der Waals surface area (Å²) in [7, 11) is 0. The maximum Gasteiger partial charge on any atom is 0.0445 e.